The highest BCUT2D eigenvalue weighted by atomic mass is 35.5. The van der Waals surface area contributed by atoms with Gasteiger partial charge in [-0.05, 0) is 30.2 Å². The second-order valence-electron chi connectivity index (χ2n) is 7.02. The summed E-state index contributed by atoms with van der Waals surface area (Å²) in [5.41, 5.74) is 2.22. The topological polar surface area (TPSA) is 45.2 Å². The summed E-state index contributed by atoms with van der Waals surface area (Å²) < 4.78 is 11.3. The van der Waals surface area contributed by atoms with Crippen LogP contribution in [-0.2, 0) is 6.42 Å². The molecule has 0 amide bonds. The van der Waals surface area contributed by atoms with Crippen molar-refractivity contribution in [1.29, 1.82) is 0 Å². The standard InChI is InChI=1S/C23H30N2O3.2ClH/c1-3-8-19-9-4-6-11-22(19)28-18-20(26)17-24-13-15-25(16-14-24)21-10-5-7-12-23(21)27-2;;/h3-7,9-12,20,26H,1,8,13-18H2,2H3;2*1H. The van der Waals surface area contributed by atoms with Crippen molar-refractivity contribution in [2.75, 3.05) is 51.3 Å². The van der Waals surface area contributed by atoms with Crippen LogP contribution in [0.4, 0.5) is 5.69 Å². The van der Waals surface area contributed by atoms with Crippen LogP contribution in [0.5, 0.6) is 11.5 Å². The Hall–Kier alpha value is -1.92. The molecule has 166 valence electrons. The van der Waals surface area contributed by atoms with Crippen LogP contribution in [0.1, 0.15) is 5.56 Å². The van der Waals surface area contributed by atoms with Crippen LogP contribution in [0.25, 0.3) is 0 Å². The van der Waals surface area contributed by atoms with Crippen molar-refractivity contribution in [3.63, 3.8) is 0 Å². The summed E-state index contributed by atoms with van der Waals surface area (Å²) in [6.07, 6.45) is 2.10. The van der Waals surface area contributed by atoms with E-state index in [1.165, 1.54) is 0 Å². The smallest absolute Gasteiger partial charge is 0.142 e. The number of β-amino-alcohol motifs (C(OH)–C–C–N with tert-alkyl or cyclic N) is 1. The molecule has 1 atom stereocenters. The minimum absolute atomic E-state index is 0. The number of benzene rings is 2. The molecule has 0 aromatic heterocycles. The molecule has 1 heterocycles. The van der Waals surface area contributed by atoms with Gasteiger partial charge in [-0.15, -0.1) is 31.4 Å². The lowest BCUT2D eigenvalue weighted by atomic mass is 10.1. The Morgan fingerprint density at radius 2 is 1.63 bits per heavy atom. The highest BCUT2D eigenvalue weighted by Crippen LogP contribution is 2.28. The second kappa shape index (κ2) is 13.4. The SMILES string of the molecule is C=CCc1ccccc1OCC(O)CN1CCN(c2ccccc2OC)CC1.Cl.Cl. The monoisotopic (exact) mass is 454 g/mol. The molecule has 30 heavy (non-hydrogen) atoms. The fraction of sp³-hybridized carbons (Fsp3) is 0.391. The van der Waals surface area contributed by atoms with Crippen molar-refractivity contribution >= 4 is 30.5 Å². The van der Waals surface area contributed by atoms with Gasteiger partial charge in [-0.1, -0.05) is 36.4 Å². The molecule has 0 aliphatic carbocycles. The Balaban J connectivity index is 0.00000225. The van der Waals surface area contributed by atoms with Gasteiger partial charge in [-0.3, -0.25) is 4.90 Å². The van der Waals surface area contributed by atoms with E-state index in [9.17, 15) is 5.11 Å². The summed E-state index contributed by atoms with van der Waals surface area (Å²) in [6, 6.07) is 16.0. The molecule has 7 heteroatoms. The first kappa shape index (κ1) is 26.1. The third-order valence-electron chi connectivity index (χ3n) is 5.04. The lowest BCUT2D eigenvalue weighted by molar-refractivity contribution is 0.0660. The zero-order valence-electron chi connectivity index (χ0n) is 17.4. The number of methoxy groups -OCH3 is 1. The molecule has 1 fully saturated rings. The van der Waals surface area contributed by atoms with Crippen LogP contribution in [0.2, 0.25) is 0 Å². The summed E-state index contributed by atoms with van der Waals surface area (Å²) in [6.45, 7) is 8.33. The van der Waals surface area contributed by atoms with Crippen molar-refractivity contribution in [3.8, 4) is 11.5 Å². The molecule has 1 aliphatic rings. The van der Waals surface area contributed by atoms with Crippen molar-refractivity contribution in [2.24, 2.45) is 0 Å². The molecule has 0 spiro atoms. The first-order valence-corrected chi connectivity index (χ1v) is 9.81. The third kappa shape index (κ3) is 7.10. The van der Waals surface area contributed by atoms with E-state index in [1.54, 1.807) is 7.11 Å². The Morgan fingerprint density at radius 1 is 1.00 bits per heavy atom. The maximum Gasteiger partial charge on any atom is 0.142 e. The predicted octanol–water partition coefficient (Wildman–Crippen LogP) is 3.83. The van der Waals surface area contributed by atoms with Gasteiger partial charge in [-0.25, -0.2) is 0 Å². The summed E-state index contributed by atoms with van der Waals surface area (Å²) >= 11 is 0. The van der Waals surface area contributed by atoms with Gasteiger partial charge in [-0.2, -0.15) is 0 Å². The Kier molecular flexibility index (Phi) is 11.7. The van der Waals surface area contributed by atoms with E-state index in [0.717, 1.165) is 55.3 Å². The van der Waals surface area contributed by atoms with Crippen LogP contribution >= 0.6 is 24.8 Å². The quantitative estimate of drug-likeness (QED) is 0.583. The number of anilines is 1. The molecule has 0 saturated carbocycles. The molecule has 5 nitrogen and oxygen atoms in total. The summed E-state index contributed by atoms with van der Waals surface area (Å²) in [7, 11) is 1.71. The van der Waals surface area contributed by atoms with Gasteiger partial charge in [0, 0.05) is 32.7 Å². The Morgan fingerprint density at radius 3 is 2.30 bits per heavy atom. The van der Waals surface area contributed by atoms with E-state index in [1.807, 2.05) is 48.5 Å². The number of piperazine rings is 1. The Bertz CT molecular complexity index is 768. The zero-order chi connectivity index (χ0) is 19.8. The molecule has 2 aromatic carbocycles. The van der Waals surface area contributed by atoms with Crippen LogP contribution in [0.15, 0.2) is 61.2 Å². The number of hydrogen-bond donors (Lipinski definition) is 1. The van der Waals surface area contributed by atoms with Crippen molar-refractivity contribution in [3.05, 3.63) is 66.7 Å². The first-order valence-electron chi connectivity index (χ1n) is 9.81. The normalized spacial score (nSPS) is 14.8. The van der Waals surface area contributed by atoms with Gasteiger partial charge < -0.3 is 19.5 Å². The molecular formula is C23H32Cl2N2O3. The van der Waals surface area contributed by atoms with Crippen LogP contribution in [0, 0.1) is 0 Å². The Labute approximate surface area is 192 Å². The number of hydrogen-bond acceptors (Lipinski definition) is 5. The molecule has 0 radical (unpaired) electrons. The van der Waals surface area contributed by atoms with Crippen LogP contribution in [-0.4, -0.2) is 62.6 Å². The molecule has 1 saturated heterocycles. The average molecular weight is 455 g/mol. The molecule has 1 aliphatic heterocycles. The van der Waals surface area contributed by atoms with Crippen LogP contribution < -0.4 is 14.4 Å². The lowest BCUT2D eigenvalue weighted by Gasteiger charge is -2.37. The van der Waals surface area contributed by atoms with Gasteiger partial charge in [0.05, 0.1) is 12.8 Å². The summed E-state index contributed by atoms with van der Waals surface area (Å²) in [5.74, 6) is 1.73. The molecule has 2 aromatic rings. The van der Waals surface area contributed by atoms with E-state index in [0.29, 0.717) is 13.2 Å². The van der Waals surface area contributed by atoms with Gasteiger partial charge in [0.2, 0.25) is 0 Å². The van der Waals surface area contributed by atoms with Crippen molar-refractivity contribution < 1.29 is 14.6 Å². The number of ether oxygens (including phenoxy) is 2. The molecule has 0 bridgehead atoms. The number of halogens is 2. The summed E-state index contributed by atoms with van der Waals surface area (Å²) in [5, 5.41) is 10.4. The van der Waals surface area contributed by atoms with Gasteiger partial charge >= 0.3 is 0 Å². The molecular weight excluding hydrogens is 423 g/mol. The van der Waals surface area contributed by atoms with Gasteiger partial charge in [0.1, 0.15) is 24.2 Å². The van der Waals surface area contributed by atoms with Gasteiger partial charge in [0.15, 0.2) is 0 Å². The fourth-order valence-corrected chi connectivity index (χ4v) is 3.57. The van der Waals surface area contributed by atoms with Crippen LogP contribution in [0.3, 0.4) is 0 Å². The van der Waals surface area contributed by atoms with Crippen molar-refractivity contribution in [1.82, 2.24) is 4.90 Å². The lowest BCUT2D eigenvalue weighted by Crippen LogP contribution is -2.49. The minimum Gasteiger partial charge on any atom is -0.495 e. The number of nitrogens with zero attached hydrogens (tertiary/aromatic N) is 2. The highest BCUT2D eigenvalue weighted by molar-refractivity contribution is 5.85. The molecule has 3 rings (SSSR count). The van der Waals surface area contributed by atoms with E-state index < -0.39 is 6.10 Å². The second-order valence-corrected chi connectivity index (χ2v) is 7.02. The maximum atomic E-state index is 10.4. The largest absolute Gasteiger partial charge is 0.495 e. The number of para-hydroxylation sites is 3. The molecule has 1 unspecified atom stereocenters. The highest BCUT2D eigenvalue weighted by Gasteiger charge is 2.21. The minimum atomic E-state index is -0.519. The average Bonchev–Trinajstić information content (AvgIpc) is 2.74. The zero-order valence-corrected chi connectivity index (χ0v) is 19.0. The van der Waals surface area contributed by atoms with E-state index in [2.05, 4.69) is 22.4 Å². The van der Waals surface area contributed by atoms with Crippen molar-refractivity contribution in [2.45, 2.75) is 12.5 Å². The maximum absolute atomic E-state index is 10.4. The molecule has 1 N–H and O–H groups in total. The van der Waals surface area contributed by atoms with Gasteiger partial charge in [0.25, 0.3) is 0 Å². The number of rotatable bonds is 9. The first-order chi connectivity index (χ1) is 13.7. The summed E-state index contributed by atoms with van der Waals surface area (Å²) in [4.78, 5) is 4.62. The fourth-order valence-electron chi connectivity index (χ4n) is 3.57. The van der Waals surface area contributed by atoms with E-state index in [4.69, 9.17) is 9.47 Å². The van der Waals surface area contributed by atoms with E-state index >= 15 is 0 Å². The number of aliphatic hydroxyl groups is 1. The number of allylic oxidation sites excluding steroid dienone is 1. The third-order valence-corrected chi connectivity index (χ3v) is 5.04. The number of aliphatic hydroxyl groups excluding tert-OH is 1. The predicted molar refractivity (Wildman–Crippen MR) is 128 cm³/mol. The van der Waals surface area contributed by atoms with E-state index in [-0.39, 0.29) is 24.8 Å².